The van der Waals surface area contributed by atoms with Gasteiger partial charge >= 0.3 is 0 Å². The van der Waals surface area contributed by atoms with Crippen molar-refractivity contribution in [2.45, 2.75) is 25.9 Å². The third-order valence-corrected chi connectivity index (χ3v) is 3.30. The van der Waals surface area contributed by atoms with E-state index in [4.69, 9.17) is 5.73 Å². The Kier molecular flexibility index (Phi) is 5.99. The van der Waals surface area contributed by atoms with Crippen LogP contribution >= 0.6 is 0 Å². The van der Waals surface area contributed by atoms with Crippen LogP contribution in [0.15, 0.2) is 30.3 Å². The van der Waals surface area contributed by atoms with Crippen LogP contribution in [0.25, 0.3) is 0 Å². The minimum absolute atomic E-state index is 0.0854. The minimum atomic E-state index is -0.446. The molecular weight excluding hydrogens is 238 g/mol. The smallest absolute Gasteiger partial charge is 0.237 e. The van der Waals surface area contributed by atoms with Crippen molar-refractivity contribution in [1.82, 2.24) is 10.2 Å². The molecule has 0 saturated carbocycles. The second kappa shape index (κ2) is 7.26. The highest BCUT2D eigenvalue weighted by Gasteiger charge is 2.20. The third-order valence-electron chi connectivity index (χ3n) is 3.30. The molecule has 0 bridgehead atoms. The summed E-state index contributed by atoms with van der Waals surface area (Å²) < 4.78 is 0. The first-order chi connectivity index (χ1) is 8.93. The Morgan fingerprint density at radius 1 is 1.26 bits per heavy atom. The van der Waals surface area contributed by atoms with Crippen molar-refractivity contribution in [2.75, 3.05) is 20.6 Å². The monoisotopic (exact) mass is 263 g/mol. The van der Waals surface area contributed by atoms with E-state index in [-0.39, 0.29) is 17.9 Å². The molecule has 0 radical (unpaired) electrons. The number of amides is 1. The summed E-state index contributed by atoms with van der Waals surface area (Å²) >= 11 is 0. The lowest BCUT2D eigenvalue weighted by atomic mass is 10.0. The molecule has 0 saturated heterocycles. The topological polar surface area (TPSA) is 58.4 Å². The van der Waals surface area contributed by atoms with Gasteiger partial charge < -0.3 is 16.0 Å². The fourth-order valence-corrected chi connectivity index (χ4v) is 1.89. The van der Waals surface area contributed by atoms with Crippen LogP contribution in [0.2, 0.25) is 0 Å². The summed E-state index contributed by atoms with van der Waals surface area (Å²) in [6.07, 6.45) is 0. The van der Waals surface area contributed by atoms with Gasteiger partial charge in [0.05, 0.1) is 12.1 Å². The van der Waals surface area contributed by atoms with E-state index in [0.717, 1.165) is 0 Å². The predicted molar refractivity (Wildman–Crippen MR) is 78.7 cm³/mol. The Labute approximate surface area is 116 Å². The van der Waals surface area contributed by atoms with Gasteiger partial charge in [0, 0.05) is 6.54 Å². The fraction of sp³-hybridized carbons (Fsp3) is 0.533. The minimum Gasteiger partial charge on any atom is -0.353 e. The summed E-state index contributed by atoms with van der Waals surface area (Å²) in [5, 5.41) is 2.94. The van der Waals surface area contributed by atoms with Crippen molar-refractivity contribution in [1.29, 1.82) is 0 Å². The van der Waals surface area contributed by atoms with E-state index in [1.807, 2.05) is 46.1 Å². The molecule has 1 aromatic rings. The van der Waals surface area contributed by atoms with Gasteiger partial charge in [0.25, 0.3) is 0 Å². The number of rotatable bonds is 6. The zero-order chi connectivity index (χ0) is 14.4. The van der Waals surface area contributed by atoms with Gasteiger partial charge in [0.1, 0.15) is 0 Å². The molecule has 1 rings (SSSR count). The predicted octanol–water partition coefficient (Wildman–Crippen LogP) is 1.39. The second-order valence-corrected chi connectivity index (χ2v) is 5.41. The normalized spacial score (nSPS) is 14.5. The lowest BCUT2D eigenvalue weighted by Gasteiger charge is -2.26. The van der Waals surface area contributed by atoms with E-state index in [1.54, 1.807) is 0 Å². The highest BCUT2D eigenvalue weighted by molar-refractivity contribution is 5.81. The number of nitrogens with two attached hydrogens (primary N) is 1. The first kappa shape index (κ1) is 15.7. The average molecular weight is 263 g/mol. The Morgan fingerprint density at radius 2 is 1.84 bits per heavy atom. The zero-order valence-electron chi connectivity index (χ0n) is 12.3. The van der Waals surface area contributed by atoms with Crippen LogP contribution in [-0.2, 0) is 4.79 Å². The van der Waals surface area contributed by atoms with E-state index < -0.39 is 6.04 Å². The molecule has 0 aliphatic carbocycles. The zero-order valence-corrected chi connectivity index (χ0v) is 12.3. The summed E-state index contributed by atoms with van der Waals surface area (Å²) in [6.45, 7) is 4.46. The first-order valence-electron chi connectivity index (χ1n) is 6.68. The van der Waals surface area contributed by atoms with Gasteiger partial charge in [-0.2, -0.15) is 0 Å². The second-order valence-electron chi connectivity index (χ2n) is 5.41. The standard InChI is InChI=1S/C15H25N3O/c1-11(2)14(16)15(19)17-10-13(18(3)4)12-8-6-5-7-9-12/h5-9,11,13-14H,10,16H2,1-4H3,(H,17,19). The van der Waals surface area contributed by atoms with Gasteiger partial charge in [-0.05, 0) is 25.6 Å². The fourth-order valence-electron chi connectivity index (χ4n) is 1.89. The Balaban J connectivity index is 2.64. The molecular formula is C15H25N3O. The Hall–Kier alpha value is -1.39. The molecule has 0 heterocycles. The van der Waals surface area contributed by atoms with Crippen molar-refractivity contribution >= 4 is 5.91 Å². The molecule has 1 amide bonds. The molecule has 0 aromatic heterocycles. The van der Waals surface area contributed by atoms with E-state index in [9.17, 15) is 4.79 Å². The third kappa shape index (κ3) is 4.65. The highest BCUT2D eigenvalue weighted by atomic mass is 16.2. The number of hydrogen-bond acceptors (Lipinski definition) is 3. The van der Waals surface area contributed by atoms with Crippen molar-refractivity contribution in [2.24, 2.45) is 11.7 Å². The van der Waals surface area contributed by atoms with Crippen LogP contribution in [0.1, 0.15) is 25.5 Å². The summed E-state index contributed by atoms with van der Waals surface area (Å²) in [4.78, 5) is 14.0. The van der Waals surface area contributed by atoms with Gasteiger partial charge in [-0.25, -0.2) is 0 Å². The molecule has 2 atom stereocenters. The summed E-state index contributed by atoms with van der Waals surface area (Å²) in [7, 11) is 4.01. The molecule has 0 fully saturated rings. The molecule has 106 valence electrons. The maximum absolute atomic E-state index is 11.9. The number of nitrogens with one attached hydrogen (secondary N) is 1. The van der Waals surface area contributed by atoms with Crippen LogP contribution in [0, 0.1) is 5.92 Å². The number of carbonyl (C=O) groups is 1. The average Bonchev–Trinajstić information content (AvgIpc) is 2.38. The Morgan fingerprint density at radius 3 is 2.32 bits per heavy atom. The molecule has 4 nitrogen and oxygen atoms in total. The van der Waals surface area contributed by atoms with Crippen molar-refractivity contribution in [3.8, 4) is 0 Å². The van der Waals surface area contributed by atoms with Gasteiger partial charge in [-0.3, -0.25) is 4.79 Å². The van der Waals surface area contributed by atoms with Crippen LogP contribution < -0.4 is 11.1 Å². The van der Waals surface area contributed by atoms with Crippen LogP contribution in [0.3, 0.4) is 0 Å². The number of hydrogen-bond donors (Lipinski definition) is 2. The van der Waals surface area contributed by atoms with Gasteiger partial charge in [0.15, 0.2) is 0 Å². The SMILES string of the molecule is CC(C)C(N)C(=O)NCC(c1ccccc1)N(C)C. The summed E-state index contributed by atoms with van der Waals surface area (Å²) in [6, 6.07) is 9.85. The molecule has 2 unspecified atom stereocenters. The van der Waals surface area contributed by atoms with Crippen LogP contribution in [0.4, 0.5) is 0 Å². The van der Waals surface area contributed by atoms with Crippen LogP contribution in [-0.4, -0.2) is 37.5 Å². The maximum atomic E-state index is 11.9. The maximum Gasteiger partial charge on any atom is 0.237 e. The van der Waals surface area contributed by atoms with Gasteiger partial charge in [0.2, 0.25) is 5.91 Å². The van der Waals surface area contributed by atoms with Crippen molar-refractivity contribution in [3.63, 3.8) is 0 Å². The lowest BCUT2D eigenvalue weighted by molar-refractivity contribution is -0.123. The molecule has 0 aliphatic heterocycles. The largest absolute Gasteiger partial charge is 0.353 e. The lowest BCUT2D eigenvalue weighted by Crippen LogP contribution is -2.46. The van der Waals surface area contributed by atoms with Gasteiger partial charge in [-0.1, -0.05) is 44.2 Å². The number of likely N-dealkylation sites (N-methyl/N-ethyl adjacent to an activating group) is 1. The number of nitrogens with zero attached hydrogens (tertiary/aromatic N) is 1. The summed E-state index contributed by atoms with van der Waals surface area (Å²) in [5.74, 6) is 0.0623. The molecule has 0 spiro atoms. The van der Waals surface area contributed by atoms with E-state index in [0.29, 0.717) is 6.54 Å². The van der Waals surface area contributed by atoms with E-state index in [1.165, 1.54) is 5.56 Å². The van der Waals surface area contributed by atoms with Crippen molar-refractivity contribution in [3.05, 3.63) is 35.9 Å². The molecule has 0 aliphatic rings. The molecule has 19 heavy (non-hydrogen) atoms. The summed E-state index contributed by atoms with van der Waals surface area (Å²) in [5.41, 5.74) is 7.02. The van der Waals surface area contributed by atoms with E-state index in [2.05, 4.69) is 22.3 Å². The molecule has 4 heteroatoms. The first-order valence-corrected chi connectivity index (χ1v) is 6.68. The number of benzene rings is 1. The Bertz CT molecular complexity index is 390. The van der Waals surface area contributed by atoms with E-state index >= 15 is 0 Å². The quantitative estimate of drug-likeness (QED) is 0.815. The van der Waals surface area contributed by atoms with Crippen LogP contribution in [0.5, 0.6) is 0 Å². The molecule has 1 aromatic carbocycles. The highest BCUT2D eigenvalue weighted by Crippen LogP contribution is 2.16. The number of carbonyl (C=O) groups excluding carboxylic acids is 1. The van der Waals surface area contributed by atoms with Gasteiger partial charge in [-0.15, -0.1) is 0 Å². The van der Waals surface area contributed by atoms with Crippen molar-refractivity contribution < 1.29 is 4.79 Å². The molecule has 3 N–H and O–H groups in total.